The number of aliphatic carboxylic acids is 1. The van der Waals surface area contributed by atoms with Crippen molar-refractivity contribution in [2.45, 2.75) is 31.0 Å². The number of carbonyl (C=O) groups is 3. The van der Waals surface area contributed by atoms with Crippen LogP contribution in [0.5, 0.6) is 0 Å². The van der Waals surface area contributed by atoms with E-state index in [9.17, 15) is 24.3 Å². The van der Waals surface area contributed by atoms with Crippen LogP contribution in [0.3, 0.4) is 0 Å². The molecule has 2 bridgehead atoms. The van der Waals surface area contributed by atoms with Crippen LogP contribution >= 0.6 is 0 Å². The van der Waals surface area contributed by atoms with E-state index in [0.29, 0.717) is 11.4 Å². The van der Waals surface area contributed by atoms with Gasteiger partial charge in [0, 0.05) is 17.7 Å². The standard InChI is InChI=1S/C23H25BN8O8/c25-22-30-18-17(20(35)31-22)28-14(8-27-18)7-26-13-3-1-12(2-4-13)19(34)29-15(21(36)37)5-6-16(33)32-23-9-38-24(39-10-23)40-11-23/h1-4,8,15,26H,5-7,9-11H2,(H,29,34)(H,32,33)(H,36,37)(H3,25,27,30,31,35). The first-order valence-electron chi connectivity index (χ1n) is 12.2. The number of carboxylic acids is 1. The number of nitrogens with one attached hydrogen (secondary N) is 4. The molecule has 3 saturated heterocycles. The smallest absolute Gasteiger partial charge is 0.480 e. The number of carboxylic acid groups (broad SMARTS) is 1. The van der Waals surface area contributed by atoms with Crippen LogP contribution in [0.2, 0.25) is 0 Å². The Hall–Kier alpha value is -4.61. The number of hydrogen-bond donors (Lipinski definition) is 6. The zero-order valence-electron chi connectivity index (χ0n) is 21.0. The summed E-state index contributed by atoms with van der Waals surface area (Å²) in [6.45, 7) is 0.926. The topological polar surface area (TPSA) is 233 Å². The van der Waals surface area contributed by atoms with Crippen molar-refractivity contribution in [1.82, 2.24) is 30.6 Å². The summed E-state index contributed by atoms with van der Waals surface area (Å²) in [5.74, 6) is -2.33. The summed E-state index contributed by atoms with van der Waals surface area (Å²) in [6, 6.07) is 5.02. The van der Waals surface area contributed by atoms with Crippen LogP contribution in [0.15, 0.2) is 35.3 Å². The molecule has 7 N–H and O–H groups in total. The van der Waals surface area contributed by atoms with Crippen molar-refractivity contribution in [2.75, 3.05) is 30.9 Å². The molecule has 2 aromatic heterocycles. The highest BCUT2D eigenvalue weighted by Gasteiger charge is 2.48. The summed E-state index contributed by atoms with van der Waals surface area (Å²) in [5, 5.41) is 17.9. The third kappa shape index (κ3) is 6.17. The second-order valence-electron chi connectivity index (χ2n) is 9.37. The molecule has 208 valence electrons. The van der Waals surface area contributed by atoms with Gasteiger partial charge in [0.25, 0.3) is 11.5 Å². The van der Waals surface area contributed by atoms with Gasteiger partial charge in [-0.2, -0.15) is 4.98 Å². The first kappa shape index (κ1) is 27.0. The van der Waals surface area contributed by atoms with Crippen molar-refractivity contribution in [3.05, 3.63) is 52.1 Å². The third-order valence-corrected chi connectivity index (χ3v) is 6.26. The normalized spacial score (nSPS) is 16.4. The average molecular weight is 552 g/mol. The van der Waals surface area contributed by atoms with Gasteiger partial charge in [0.15, 0.2) is 11.2 Å². The Morgan fingerprint density at radius 1 is 1.12 bits per heavy atom. The number of nitrogens with two attached hydrogens (primary N) is 1. The largest absolute Gasteiger partial charge is 0.639 e. The number of benzene rings is 1. The Morgan fingerprint density at radius 3 is 2.50 bits per heavy atom. The molecule has 1 aromatic carbocycles. The van der Waals surface area contributed by atoms with Crippen LogP contribution < -0.4 is 27.2 Å². The van der Waals surface area contributed by atoms with Crippen LogP contribution in [-0.4, -0.2) is 81.5 Å². The first-order chi connectivity index (χ1) is 19.2. The van der Waals surface area contributed by atoms with E-state index in [1.54, 1.807) is 12.1 Å². The molecule has 3 aromatic rings. The highest BCUT2D eigenvalue weighted by atomic mass is 16.8. The number of fused-ring (bicyclic) bond motifs is 4. The number of amides is 2. The Labute approximate surface area is 226 Å². The Morgan fingerprint density at radius 2 is 1.82 bits per heavy atom. The molecular formula is C23H25BN8O8. The zero-order chi connectivity index (χ0) is 28.3. The van der Waals surface area contributed by atoms with Crippen LogP contribution in [-0.2, 0) is 30.1 Å². The van der Waals surface area contributed by atoms with Gasteiger partial charge in [0.05, 0.1) is 38.3 Å². The molecule has 3 aliphatic heterocycles. The van der Waals surface area contributed by atoms with Crippen LogP contribution in [0.4, 0.5) is 11.6 Å². The maximum absolute atomic E-state index is 12.7. The Balaban J connectivity index is 1.13. The van der Waals surface area contributed by atoms with Gasteiger partial charge in [-0.05, 0) is 30.7 Å². The fourth-order valence-corrected chi connectivity index (χ4v) is 4.18. The molecule has 0 radical (unpaired) electrons. The van der Waals surface area contributed by atoms with Gasteiger partial charge >= 0.3 is 13.3 Å². The molecule has 3 aliphatic rings. The van der Waals surface area contributed by atoms with E-state index >= 15 is 0 Å². The van der Waals surface area contributed by atoms with Crippen molar-refractivity contribution < 1.29 is 33.5 Å². The summed E-state index contributed by atoms with van der Waals surface area (Å²) in [7, 11) is -0.723. The lowest BCUT2D eigenvalue weighted by molar-refractivity contribution is -0.139. The number of anilines is 2. The van der Waals surface area contributed by atoms with E-state index in [2.05, 4.69) is 35.9 Å². The van der Waals surface area contributed by atoms with Gasteiger partial charge in [-0.3, -0.25) is 19.4 Å². The minimum absolute atomic E-state index is 0.0513. The van der Waals surface area contributed by atoms with E-state index in [0.717, 1.165) is 0 Å². The molecule has 1 unspecified atom stereocenters. The first-order valence-corrected chi connectivity index (χ1v) is 12.2. The van der Waals surface area contributed by atoms with Crippen LogP contribution in [0, 0.1) is 0 Å². The third-order valence-electron chi connectivity index (χ3n) is 6.26. The van der Waals surface area contributed by atoms with Crippen LogP contribution in [0.1, 0.15) is 28.9 Å². The number of H-pyrrole nitrogens is 1. The number of nitrogens with zero attached hydrogens (tertiary/aromatic N) is 3. The van der Waals surface area contributed by atoms with Crippen molar-refractivity contribution in [2.24, 2.45) is 0 Å². The lowest BCUT2D eigenvalue weighted by atomic mass is 9.94. The van der Waals surface area contributed by atoms with Crippen LogP contribution in [0.25, 0.3) is 11.2 Å². The minimum atomic E-state index is -1.28. The van der Waals surface area contributed by atoms with Gasteiger partial charge in [-0.25, -0.2) is 14.8 Å². The predicted molar refractivity (Wildman–Crippen MR) is 139 cm³/mol. The summed E-state index contributed by atoms with van der Waals surface area (Å²) in [4.78, 5) is 63.5. The van der Waals surface area contributed by atoms with Gasteiger partial charge in [0.1, 0.15) is 11.6 Å². The molecule has 3 fully saturated rings. The maximum atomic E-state index is 12.7. The highest BCUT2D eigenvalue weighted by molar-refractivity contribution is 6.37. The molecule has 40 heavy (non-hydrogen) atoms. The molecule has 6 rings (SSSR count). The minimum Gasteiger partial charge on any atom is -0.480 e. The van der Waals surface area contributed by atoms with Crippen molar-refractivity contribution in [1.29, 1.82) is 0 Å². The second kappa shape index (κ2) is 11.2. The van der Waals surface area contributed by atoms with Gasteiger partial charge < -0.3 is 40.8 Å². The molecule has 0 aliphatic carbocycles. The maximum Gasteiger partial charge on any atom is 0.639 e. The van der Waals surface area contributed by atoms with Crippen molar-refractivity contribution in [3.8, 4) is 0 Å². The van der Waals surface area contributed by atoms with E-state index in [1.807, 2.05) is 0 Å². The summed E-state index contributed by atoms with van der Waals surface area (Å²) >= 11 is 0. The Bertz CT molecular complexity index is 1480. The summed E-state index contributed by atoms with van der Waals surface area (Å²) in [5.41, 5.74) is 5.74. The summed E-state index contributed by atoms with van der Waals surface area (Å²) < 4.78 is 15.8. The molecule has 1 atom stereocenters. The second-order valence-corrected chi connectivity index (χ2v) is 9.37. The van der Waals surface area contributed by atoms with E-state index < -0.39 is 42.2 Å². The van der Waals surface area contributed by atoms with Gasteiger partial charge in [-0.15, -0.1) is 0 Å². The number of nitrogen functional groups attached to an aromatic ring is 1. The molecule has 17 heteroatoms. The van der Waals surface area contributed by atoms with Gasteiger partial charge in [-0.1, -0.05) is 0 Å². The van der Waals surface area contributed by atoms with E-state index in [-0.39, 0.29) is 61.9 Å². The number of aromatic nitrogens is 4. The fraction of sp³-hybridized carbons (Fsp3) is 0.348. The lowest BCUT2D eigenvalue weighted by Gasteiger charge is -2.44. The van der Waals surface area contributed by atoms with Crippen molar-refractivity contribution >= 4 is 47.9 Å². The Kier molecular flexibility index (Phi) is 7.59. The fourth-order valence-electron chi connectivity index (χ4n) is 4.18. The quantitative estimate of drug-likeness (QED) is 0.162. The summed E-state index contributed by atoms with van der Waals surface area (Å²) in [6.07, 6.45) is 1.20. The SMILES string of the molecule is Nc1nc2ncc(CNc3ccc(C(=O)NC(CCC(=O)NC45COB(OC4)OC5)C(=O)O)cc3)nc2c(=O)[nH]1. The van der Waals surface area contributed by atoms with E-state index in [4.69, 9.17) is 19.7 Å². The molecule has 2 amide bonds. The predicted octanol–water partition coefficient (Wildman–Crippen LogP) is -1.21. The monoisotopic (exact) mass is 552 g/mol. The lowest BCUT2D eigenvalue weighted by Crippen LogP contribution is -2.68. The molecule has 0 saturated carbocycles. The highest BCUT2D eigenvalue weighted by Crippen LogP contribution is 2.22. The van der Waals surface area contributed by atoms with E-state index in [1.165, 1.54) is 18.3 Å². The number of carbonyl (C=O) groups excluding carboxylic acids is 2. The molecule has 5 heterocycles. The number of hydrogen-bond acceptors (Lipinski definition) is 12. The van der Waals surface area contributed by atoms with Crippen molar-refractivity contribution in [3.63, 3.8) is 0 Å². The average Bonchev–Trinajstić information content (AvgIpc) is 2.95. The molecule has 16 nitrogen and oxygen atoms in total. The molecular weight excluding hydrogens is 527 g/mol. The zero-order valence-corrected chi connectivity index (χ0v) is 21.0. The van der Waals surface area contributed by atoms with Gasteiger partial charge in [0.2, 0.25) is 11.9 Å². The number of aromatic amines is 1. The molecule has 0 spiro atoms. The number of rotatable bonds is 10.